The number of carbonyl (C=O) groups excluding carboxylic acids is 1. The minimum atomic E-state index is -0.632. The van der Waals surface area contributed by atoms with Gasteiger partial charge < -0.3 is 19.5 Å². The molecule has 1 aliphatic heterocycles. The molecule has 33 heavy (non-hydrogen) atoms. The molecule has 0 saturated carbocycles. The monoisotopic (exact) mass is 474 g/mol. The molecule has 1 aliphatic rings. The van der Waals surface area contributed by atoms with E-state index in [0.29, 0.717) is 19.7 Å². The first-order valence-electron chi connectivity index (χ1n) is 11.8. The highest BCUT2D eigenvalue weighted by Gasteiger charge is 2.33. The van der Waals surface area contributed by atoms with E-state index in [1.807, 2.05) is 54.8 Å². The van der Waals surface area contributed by atoms with Gasteiger partial charge in [0.15, 0.2) is 0 Å². The van der Waals surface area contributed by atoms with Gasteiger partial charge in [-0.3, -0.25) is 9.69 Å². The van der Waals surface area contributed by atoms with E-state index in [1.165, 1.54) is 10.4 Å². The Morgan fingerprint density at radius 2 is 2.06 bits per heavy atom. The summed E-state index contributed by atoms with van der Waals surface area (Å²) in [5, 5.41) is 12.5. The van der Waals surface area contributed by atoms with Crippen LogP contribution < -0.4 is 4.74 Å². The van der Waals surface area contributed by atoms with Crippen molar-refractivity contribution in [3.05, 3.63) is 51.7 Å². The highest BCUT2D eigenvalue weighted by molar-refractivity contribution is 7.10. The van der Waals surface area contributed by atoms with Crippen molar-refractivity contribution in [2.24, 2.45) is 0 Å². The molecule has 182 valence electrons. The number of amides is 1. The molecule has 2 aromatic rings. The number of aliphatic hydroxyl groups is 1. The van der Waals surface area contributed by atoms with Gasteiger partial charge in [0, 0.05) is 24.0 Å². The standard InChI is InChI=1S/C26H38N2O4S/c1-18(2)27(14-21(29)16-31-19(3)4)15-26(30)28-11-9-25-23(10-12-33-25)24(28)17-32-22-8-6-7-20(5)13-22/h6-8,10,12-13,18-19,21,24,29H,9,11,14-17H2,1-5H3/t21-,24+/m0/s1. The van der Waals surface area contributed by atoms with Crippen molar-refractivity contribution in [2.45, 2.75) is 65.3 Å². The predicted octanol–water partition coefficient (Wildman–Crippen LogP) is 4.06. The Balaban J connectivity index is 1.69. The Morgan fingerprint density at radius 1 is 1.27 bits per heavy atom. The molecule has 0 aliphatic carbocycles. The van der Waals surface area contributed by atoms with Crippen LogP contribution in [0.2, 0.25) is 0 Å². The number of benzene rings is 1. The number of rotatable bonds is 11. The molecule has 0 fully saturated rings. The summed E-state index contributed by atoms with van der Waals surface area (Å²) in [7, 11) is 0. The van der Waals surface area contributed by atoms with Crippen LogP contribution in [-0.4, -0.2) is 71.9 Å². The van der Waals surface area contributed by atoms with Crippen LogP contribution >= 0.6 is 11.3 Å². The van der Waals surface area contributed by atoms with Crippen LogP contribution in [0.1, 0.15) is 49.7 Å². The van der Waals surface area contributed by atoms with Gasteiger partial charge in [0.2, 0.25) is 5.91 Å². The molecule has 0 radical (unpaired) electrons. The molecule has 7 heteroatoms. The number of aryl methyl sites for hydroxylation is 1. The lowest BCUT2D eigenvalue weighted by Gasteiger charge is -2.38. The molecule has 2 atom stereocenters. The van der Waals surface area contributed by atoms with Crippen LogP contribution in [-0.2, 0) is 16.0 Å². The summed E-state index contributed by atoms with van der Waals surface area (Å²) >= 11 is 1.75. The van der Waals surface area contributed by atoms with E-state index in [9.17, 15) is 9.90 Å². The molecule has 0 saturated heterocycles. The van der Waals surface area contributed by atoms with E-state index in [4.69, 9.17) is 9.47 Å². The van der Waals surface area contributed by atoms with E-state index in [2.05, 4.69) is 25.3 Å². The smallest absolute Gasteiger partial charge is 0.237 e. The number of ether oxygens (including phenoxy) is 2. The fourth-order valence-corrected chi connectivity index (χ4v) is 5.03. The summed E-state index contributed by atoms with van der Waals surface area (Å²) in [5.41, 5.74) is 2.33. The van der Waals surface area contributed by atoms with Crippen LogP contribution in [0.4, 0.5) is 0 Å². The second kappa shape index (κ2) is 12.0. The van der Waals surface area contributed by atoms with E-state index in [-0.39, 0.29) is 37.2 Å². The number of hydrogen-bond acceptors (Lipinski definition) is 6. The van der Waals surface area contributed by atoms with Crippen molar-refractivity contribution in [2.75, 3.05) is 32.8 Å². The van der Waals surface area contributed by atoms with Gasteiger partial charge in [0.05, 0.1) is 31.4 Å². The Morgan fingerprint density at radius 3 is 2.76 bits per heavy atom. The summed E-state index contributed by atoms with van der Waals surface area (Å²) in [5.74, 6) is 0.886. The highest BCUT2D eigenvalue weighted by atomic mass is 32.1. The van der Waals surface area contributed by atoms with Crippen molar-refractivity contribution >= 4 is 17.2 Å². The summed E-state index contributed by atoms with van der Waals surface area (Å²) in [6.07, 6.45) is 0.302. The lowest BCUT2D eigenvalue weighted by atomic mass is 10.00. The molecule has 1 aromatic heterocycles. The first-order valence-corrected chi connectivity index (χ1v) is 12.7. The number of nitrogens with zero attached hydrogens (tertiary/aromatic N) is 2. The molecule has 0 unspecified atom stereocenters. The average molecular weight is 475 g/mol. The van der Waals surface area contributed by atoms with Crippen molar-refractivity contribution in [3.8, 4) is 5.75 Å². The first kappa shape index (κ1) is 25.7. The third-order valence-corrected chi connectivity index (χ3v) is 6.94. The lowest BCUT2D eigenvalue weighted by molar-refractivity contribution is -0.137. The fourth-order valence-electron chi connectivity index (χ4n) is 4.10. The quantitative estimate of drug-likeness (QED) is 0.532. The molecule has 0 bridgehead atoms. The van der Waals surface area contributed by atoms with Crippen LogP contribution in [0.15, 0.2) is 35.7 Å². The number of thiophene rings is 1. The maximum absolute atomic E-state index is 13.5. The Labute approximate surface area is 202 Å². The van der Waals surface area contributed by atoms with Gasteiger partial charge in [-0.25, -0.2) is 0 Å². The molecular weight excluding hydrogens is 436 g/mol. The molecule has 0 spiro atoms. The molecule has 1 N–H and O–H groups in total. The summed E-state index contributed by atoms with van der Waals surface area (Å²) in [4.78, 5) is 18.8. The zero-order valence-electron chi connectivity index (χ0n) is 20.5. The molecule has 6 nitrogen and oxygen atoms in total. The van der Waals surface area contributed by atoms with E-state index >= 15 is 0 Å². The van der Waals surface area contributed by atoms with Gasteiger partial charge in [0.25, 0.3) is 0 Å². The third-order valence-electron chi connectivity index (χ3n) is 5.95. The van der Waals surface area contributed by atoms with Gasteiger partial charge in [-0.2, -0.15) is 0 Å². The minimum absolute atomic E-state index is 0.0652. The molecule has 3 rings (SSSR count). The van der Waals surface area contributed by atoms with Gasteiger partial charge in [-0.15, -0.1) is 11.3 Å². The highest BCUT2D eigenvalue weighted by Crippen LogP contribution is 2.34. The second-order valence-electron chi connectivity index (χ2n) is 9.34. The van der Waals surface area contributed by atoms with E-state index in [1.54, 1.807) is 11.3 Å². The van der Waals surface area contributed by atoms with E-state index in [0.717, 1.165) is 17.7 Å². The SMILES string of the molecule is Cc1cccc(OC[C@@H]2c3ccsc3CCN2C(=O)CN(C[C@H](O)COC(C)C)C(C)C)c1. The molecule has 1 aromatic carbocycles. The summed E-state index contributed by atoms with van der Waals surface area (Å²) < 4.78 is 11.7. The predicted molar refractivity (Wildman–Crippen MR) is 133 cm³/mol. The number of carbonyl (C=O) groups is 1. The minimum Gasteiger partial charge on any atom is -0.491 e. The summed E-state index contributed by atoms with van der Waals surface area (Å²) in [6.45, 7) is 12.1. The van der Waals surface area contributed by atoms with Gasteiger partial charge in [-0.05, 0) is 75.7 Å². The van der Waals surface area contributed by atoms with Crippen LogP contribution in [0.25, 0.3) is 0 Å². The second-order valence-corrected chi connectivity index (χ2v) is 10.3. The summed E-state index contributed by atoms with van der Waals surface area (Å²) in [6, 6.07) is 10.1. The average Bonchev–Trinajstić information content (AvgIpc) is 3.24. The zero-order chi connectivity index (χ0) is 24.0. The maximum Gasteiger partial charge on any atom is 0.237 e. The Kier molecular flexibility index (Phi) is 9.32. The largest absolute Gasteiger partial charge is 0.491 e. The van der Waals surface area contributed by atoms with Crippen LogP contribution in [0.3, 0.4) is 0 Å². The van der Waals surface area contributed by atoms with Crippen molar-refractivity contribution in [3.63, 3.8) is 0 Å². The van der Waals surface area contributed by atoms with Crippen molar-refractivity contribution < 1.29 is 19.4 Å². The number of hydrogen-bond donors (Lipinski definition) is 1. The zero-order valence-corrected chi connectivity index (χ0v) is 21.3. The lowest BCUT2D eigenvalue weighted by Crippen LogP contribution is -2.49. The normalized spacial score (nSPS) is 17.0. The van der Waals surface area contributed by atoms with Gasteiger partial charge >= 0.3 is 0 Å². The molecule has 2 heterocycles. The number of fused-ring (bicyclic) bond motifs is 1. The Bertz CT molecular complexity index is 898. The van der Waals surface area contributed by atoms with Crippen molar-refractivity contribution in [1.82, 2.24) is 9.80 Å². The topological polar surface area (TPSA) is 62.2 Å². The number of aliphatic hydroxyl groups excluding tert-OH is 1. The Hall–Kier alpha value is -1.93. The maximum atomic E-state index is 13.5. The van der Waals surface area contributed by atoms with Gasteiger partial charge in [-0.1, -0.05) is 12.1 Å². The third kappa shape index (κ3) is 7.27. The van der Waals surface area contributed by atoms with Gasteiger partial charge in [0.1, 0.15) is 12.4 Å². The molecule has 1 amide bonds. The first-order chi connectivity index (χ1) is 15.7. The van der Waals surface area contributed by atoms with E-state index < -0.39 is 6.10 Å². The van der Waals surface area contributed by atoms with Crippen LogP contribution in [0, 0.1) is 6.92 Å². The van der Waals surface area contributed by atoms with Crippen molar-refractivity contribution in [1.29, 1.82) is 0 Å². The molecular formula is C26H38N2O4S. The fraction of sp³-hybridized carbons (Fsp3) is 0.577. The van der Waals surface area contributed by atoms with Crippen LogP contribution in [0.5, 0.6) is 5.75 Å².